The lowest BCUT2D eigenvalue weighted by Gasteiger charge is -2.24. The second kappa shape index (κ2) is 9.95. The number of hydrogen-bond acceptors (Lipinski definition) is 9. The van der Waals surface area contributed by atoms with E-state index in [1.165, 1.54) is 30.1 Å². The highest BCUT2D eigenvalue weighted by Crippen LogP contribution is 2.38. The Kier molecular flexibility index (Phi) is 6.70. The van der Waals surface area contributed by atoms with Crippen molar-refractivity contribution in [1.82, 2.24) is 4.57 Å². The van der Waals surface area contributed by atoms with Gasteiger partial charge in [-0.25, -0.2) is 9.79 Å². The van der Waals surface area contributed by atoms with E-state index in [0.29, 0.717) is 54.2 Å². The van der Waals surface area contributed by atoms with Gasteiger partial charge in [-0.1, -0.05) is 29.0 Å². The molecule has 0 unspecified atom stereocenters. The van der Waals surface area contributed by atoms with E-state index in [4.69, 9.17) is 35.3 Å². The second-order valence-electron chi connectivity index (χ2n) is 8.15. The fraction of sp³-hybridized carbons (Fsp3) is 0.269. The summed E-state index contributed by atoms with van der Waals surface area (Å²) in [5, 5.41) is 0.347. The molecule has 9 nitrogen and oxygen atoms in total. The maximum absolute atomic E-state index is 13.8. The average Bonchev–Trinajstić information content (AvgIpc) is 3.46. The van der Waals surface area contributed by atoms with Crippen molar-refractivity contribution in [2.24, 2.45) is 4.99 Å². The van der Waals surface area contributed by atoms with Crippen molar-refractivity contribution < 1.29 is 28.5 Å². The molecule has 0 radical (unpaired) electrons. The largest absolute Gasteiger partial charge is 0.493 e. The van der Waals surface area contributed by atoms with Crippen molar-refractivity contribution in [1.29, 1.82) is 0 Å². The molecule has 2 aromatic carbocycles. The monoisotopic (exact) mass is 542 g/mol. The maximum atomic E-state index is 13.8. The van der Waals surface area contributed by atoms with Crippen molar-refractivity contribution in [3.05, 3.63) is 77.4 Å². The van der Waals surface area contributed by atoms with Gasteiger partial charge in [0.2, 0.25) is 6.79 Å². The molecular formula is C26H23ClN2O7S. The summed E-state index contributed by atoms with van der Waals surface area (Å²) in [6.07, 6.45) is 1.71. The number of carbonyl (C=O) groups excluding carboxylic acids is 1. The van der Waals surface area contributed by atoms with Crippen LogP contribution in [-0.2, 0) is 9.53 Å². The Labute approximate surface area is 220 Å². The van der Waals surface area contributed by atoms with E-state index < -0.39 is 12.0 Å². The number of thiazole rings is 1. The first-order chi connectivity index (χ1) is 17.9. The Bertz CT molecular complexity index is 1620. The van der Waals surface area contributed by atoms with Gasteiger partial charge in [0.15, 0.2) is 27.8 Å². The molecule has 1 aromatic heterocycles. The Morgan fingerprint density at radius 2 is 2.00 bits per heavy atom. The third-order valence-electron chi connectivity index (χ3n) is 5.98. The summed E-state index contributed by atoms with van der Waals surface area (Å²) in [6, 6.07) is 8.00. The molecule has 11 heteroatoms. The molecule has 192 valence electrons. The fourth-order valence-electron chi connectivity index (χ4n) is 4.36. The van der Waals surface area contributed by atoms with E-state index in [2.05, 4.69) is 4.99 Å². The fourth-order valence-corrected chi connectivity index (χ4v) is 5.71. The van der Waals surface area contributed by atoms with Gasteiger partial charge in [0.1, 0.15) is 0 Å². The van der Waals surface area contributed by atoms with Crippen LogP contribution >= 0.6 is 22.9 Å². The van der Waals surface area contributed by atoms with Crippen molar-refractivity contribution in [3.8, 4) is 23.0 Å². The van der Waals surface area contributed by atoms with Crippen LogP contribution in [0.15, 0.2) is 51.4 Å². The number of rotatable bonds is 6. The summed E-state index contributed by atoms with van der Waals surface area (Å²) in [4.78, 5) is 31.9. The first-order valence-corrected chi connectivity index (χ1v) is 12.6. The van der Waals surface area contributed by atoms with Gasteiger partial charge in [-0.05, 0) is 55.3 Å². The number of fused-ring (bicyclic) bond motifs is 2. The highest BCUT2D eigenvalue weighted by Gasteiger charge is 2.34. The maximum Gasteiger partial charge on any atom is 0.338 e. The van der Waals surface area contributed by atoms with Crippen LogP contribution in [0.4, 0.5) is 0 Å². The van der Waals surface area contributed by atoms with Crippen LogP contribution in [0, 0.1) is 0 Å². The van der Waals surface area contributed by atoms with E-state index >= 15 is 0 Å². The highest BCUT2D eigenvalue weighted by molar-refractivity contribution is 7.07. The zero-order valence-corrected chi connectivity index (χ0v) is 22.1. The topological polar surface area (TPSA) is 97.6 Å². The molecule has 5 rings (SSSR count). The van der Waals surface area contributed by atoms with E-state index in [1.54, 1.807) is 50.3 Å². The third-order valence-corrected chi connectivity index (χ3v) is 7.25. The molecule has 0 aliphatic carbocycles. The van der Waals surface area contributed by atoms with Gasteiger partial charge in [0.05, 0.1) is 47.7 Å². The van der Waals surface area contributed by atoms with Crippen LogP contribution in [-0.4, -0.2) is 38.2 Å². The second-order valence-corrected chi connectivity index (χ2v) is 9.57. The Morgan fingerprint density at radius 3 is 2.73 bits per heavy atom. The highest BCUT2D eigenvalue weighted by atomic mass is 35.5. The number of allylic oxidation sites excluding steroid dienone is 1. The number of hydrogen-bond donors (Lipinski definition) is 0. The van der Waals surface area contributed by atoms with Gasteiger partial charge in [-0.3, -0.25) is 9.36 Å². The predicted octanol–water partition coefficient (Wildman–Crippen LogP) is 3.20. The molecule has 37 heavy (non-hydrogen) atoms. The first kappa shape index (κ1) is 24.9. The molecular weight excluding hydrogens is 520 g/mol. The van der Waals surface area contributed by atoms with Gasteiger partial charge < -0.3 is 23.7 Å². The smallest absolute Gasteiger partial charge is 0.338 e. The number of carbonyl (C=O) groups is 1. The predicted molar refractivity (Wildman–Crippen MR) is 138 cm³/mol. The zero-order valence-electron chi connectivity index (χ0n) is 20.5. The van der Waals surface area contributed by atoms with Crippen molar-refractivity contribution in [3.63, 3.8) is 0 Å². The van der Waals surface area contributed by atoms with Crippen LogP contribution in [0.5, 0.6) is 23.0 Å². The lowest BCUT2D eigenvalue weighted by atomic mass is 9.95. The number of methoxy groups -OCH3 is 2. The number of nitrogens with zero attached hydrogens (tertiary/aromatic N) is 2. The minimum atomic E-state index is -0.763. The molecule has 0 saturated carbocycles. The van der Waals surface area contributed by atoms with Crippen molar-refractivity contribution in [2.45, 2.75) is 19.9 Å². The standard InChI is InChI=1S/C26H23ClN2O7S/c1-5-34-25(31)21-13(2)28-26-29(22(21)15-6-7-17-18(11-15)36-12-35-17)24(30)20(37-26)10-14-8-16(27)23(33-4)19(9-14)32-3/h6-11,22H,5,12H2,1-4H3/b20-10-/t22-/m1/s1. The van der Waals surface area contributed by atoms with Gasteiger partial charge in [-0.2, -0.15) is 0 Å². The van der Waals surface area contributed by atoms with Crippen LogP contribution in [0.1, 0.15) is 31.0 Å². The Balaban J connectivity index is 1.71. The van der Waals surface area contributed by atoms with Crippen LogP contribution in [0.25, 0.3) is 6.08 Å². The summed E-state index contributed by atoms with van der Waals surface area (Å²) in [6.45, 7) is 3.76. The Morgan fingerprint density at radius 1 is 1.22 bits per heavy atom. The summed E-state index contributed by atoms with van der Waals surface area (Å²) < 4.78 is 28.9. The van der Waals surface area contributed by atoms with Gasteiger partial charge in [-0.15, -0.1) is 0 Å². The van der Waals surface area contributed by atoms with Crippen LogP contribution < -0.4 is 33.8 Å². The molecule has 0 spiro atoms. The zero-order chi connectivity index (χ0) is 26.3. The summed E-state index contributed by atoms with van der Waals surface area (Å²) in [5.74, 6) is 1.44. The van der Waals surface area contributed by atoms with E-state index in [1.807, 2.05) is 0 Å². The van der Waals surface area contributed by atoms with E-state index in [-0.39, 0.29) is 24.5 Å². The van der Waals surface area contributed by atoms with Crippen LogP contribution in [0.2, 0.25) is 5.02 Å². The SMILES string of the molecule is CCOC(=O)C1=C(C)N=c2s/c(=C\c3cc(Cl)c(OC)c(OC)c3)c(=O)n2[C@@H]1c1ccc2c(c1)OCO2. The van der Waals surface area contributed by atoms with Crippen molar-refractivity contribution in [2.75, 3.05) is 27.6 Å². The quantitative estimate of drug-likeness (QED) is 0.441. The number of esters is 1. The van der Waals surface area contributed by atoms with Crippen molar-refractivity contribution >= 4 is 35.0 Å². The summed E-state index contributed by atoms with van der Waals surface area (Å²) >= 11 is 7.58. The molecule has 3 aromatic rings. The van der Waals surface area contributed by atoms with E-state index in [0.717, 1.165) is 0 Å². The molecule has 0 bridgehead atoms. The molecule has 0 fully saturated rings. The minimum Gasteiger partial charge on any atom is -0.493 e. The number of halogens is 1. The molecule has 2 aliphatic rings. The van der Waals surface area contributed by atoms with Gasteiger partial charge in [0, 0.05) is 0 Å². The van der Waals surface area contributed by atoms with Gasteiger partial charge >= 0.3 is 5.97 Å². The summed E-state index contributed by atoms with van der Waals surface area (Å²) in [7, 11) is 3.01. The minimum absolute atomic E-state index is 0.106. The molecule has 0 N–H and O–H groups in total. The number of ether oxygens (including phenoxy) is 5. The lowest BCUT2D eigenvalue weighted by molar-refractivity contribution is -0.139. The molecule has 2 aliphatic heterocycles. The number of aromatic nitrogens is 1. The normalized spacial score (nSPS) is 16.4. The lowest BCUT2D eigenvalue weighted by Crippen LogP contribution is -2.39. The van der Waals surface area contributed by atoms with Gasteiger partial charge in [0.25, 0.3) is 5.56 Å². The van der Waals surface area contributed by atoms with E-state index in [9.17, 15) is 9.59 Å². The molecule has 0 saturated heterocycles. The number of benzene rings is 2. The Hall–Kier alpha value is -3.76. The summed E-state index contributed by atoms with van der Waals surface area (Å²) in [5.41, 5.74) is 1.76. The first-order valence-electron chi connectivity index (χ1n) is 11.4. The average molecular weight is 543 g/mol. The molecule has 3 heterocycles. The molecule has 1 atom stereocenters. The third kappa shape index (κ3) is 4.36. The molecule has 0 amide bonds. The van der Waals surface area contributed by atoms with Crippen LogP contribution in [0.3, 0.4) is 0 Å².